The number of nitrogens with two attached hydrogens (primary N) is 2. The highest BCUT2D eigenvalue weighted by Gasteiger charge is 2.50. The molecule has 25 heteroatoms. The number of anilines is 2. The van der Waals surface area contributed by atoms with Crippen LogP contribution in [0.2, 0.25) is 0 Å². The Kier molecular flexibility index (Phi) is 8.88. The van der Waals surface area contributed by atoms with Crippen molar-refractivity contribution in [3.05, 3.63) is 25.3 Å². The molecule has 0 spiro atoms. The maximum absolute atomic E-state index is 11.1. The third-order valence-electron chi connectivity index (χ3n) is 7.04. The van der Waals surface area contributed by atoms with Crippen molar-refractivity contribution in [2.75, 3.05) is 24.7 Å². The van der Waals surface area contributed by atoms with Crippen molar-refractivity contribution >= 4 is 71.0 Å². The fourth-order valence-electron chi connectivity index (χ4n) is 4.93. The van der Waals surface area contributed by atoms with Crippen molar-refractivity contribution in [3.63, 3.8) is 0 Å². The normalized spacial score (nSPS) is 30.4. The average molecular weight is 709 g/mol. The number of nitrogens with zero attached hydrogens (tertiary/aromatic N) is 8. The first-order valence-electron chi connectivity index (χ1n) is 12.8. The van der Waals surface area contributed by atoms with E-state index in [1.54, 1.807) is 0 Å². The number of aliphatic hydroxyl groups excluding tert-OH is 3. The zero-order chi connectivity index (χ0) is 32.3. The van der Waals surface area contributed by atoms with Gasteiger partial charge in [-0.2, -0.15) is 0 Å². The molecule has 9 atom stereocenters. The molecule has 21 nitrogen and oxygen atoms in total. The zero-order valence-corrected chi connectivity index (χ0v) is 25.9. The van der Waals surface area contributed by atoms with Crippen LogP contribution in [0.25, 0.3) is 22.3 Å². The molecule has 10 N–H and O–H groups in total. The summed E-state index contributed by atoms with van der Waals surface area (Å²) in [7, 11) is 0. The molecule has 0 aromatic carbocycles. The van der Waals surface area contributed by atoms with Gasteiger partial charge in [0.2, 0.25) is 0 Å². The quantitative estimate of drug-likeness (QED) is 0.0793. The van der Waals surface area contributed by atoms with Gasteiger partial charge in [-0.25, -0.2) is 29.9 Å². The molecule has 2 fully saturated rings. The van der Waals surface area contributed by atoms with Gasteiger partial charge in [-0.1, -0.05) is 0 Å². The predicted octanol–water partition coefficient (Wildman–Crippen LogP) is -2.45. The van der Waals surface area contributed by atoms with Crippen LogP contribution in [0.4, 0.5) is 11.6 Å². The molecular formula is C20H26N10O11P2S2. The summed E-state index contributed by atoms with van der Waals surface area (Å²) in [6.45, 7) is -9.51. The lowest BCUT2D eigenvalue weighted by atomic mass is 10.1. The number of hydrogen-bond acceptors (Lipinski definition) is 18. The third-order valence-corrected chi connectivity index (χ3v) is 9.40. The monoisotopic (exact) mass is 708 g/mol. The number of aliphatic hydroxyl groups is 3. The summed E-state index contributed by atoms with van der Waals surface area (Å²) in [6.07, 6.45) is -5.97. The van der Waals surface area contributed by atoms with E-state index in [-0.39, 0.29) is 34.0 Å². The first kappa shape index (κ1) is 32.5. The molecule has 45 heavy (non-hydrogen) atoms. The number of ether oxygens (including phenoxy) is 2. The van der Waals surface area contributed by atoms with Gasteiger partial charge in [0.05, 0.1) is 25.9 Å². The number of nitrogen functional groups attached to an aromatic ring is 2. The van der Waals surface area contributed by atoms with Gasteiger partial charge < -0.3 is 60.0 Å². The van der Waals surface area contributed by atoms with Crippen LogP contribution in [-0.2, 0) is 46.7 Å². The fraction of sp³-hybridized carbons (Fsp3) is 0.500. The van der Waals surface area contributed by atoms with Crippen molar-refractivity contribution < 1.29 is 53.0 Å². The van der Waals surface area contributed by atoms with Gasteiger partial charge in [-0.3, -0.25) is 13.7 Å². The number of rotatable bonds is 10. The Bertz CT molecular complexity index is 1810. The molecule has 6 heterocycles. The van der Waals surface area contributed by atoms with Crippen molar-refractivity contribution in [3.8, 4) is 0 Å². The highest BCUT2D eigenvalue weighted by atomic mass is 32.5. The van der Waals surface area contributed by atoms with Crippen molar-refractivity contribution in [1.29, 1.82) is 0 Å². The standard InChI is InChI=1S/C20H26N10O11P2S2/c21-15-9-17(25-3-23-15)29(5-27-9)19-13(33)11(31)7(39-19)2-38-43(36,45)41-14-12(32)8(1-37-42(34,35)44)40-20(14)30-6-28-10-16(22)24-4-26-18(10)30/h3-8,11-14,19-20,31-33H,1-2H2,(H,36,45)(H2,21,23,25)(H2,22,24,26)(H2,34,35,44)/t7-,8-,11-,12-,13-,14-,19-,20-,43?/m1/s1. The molecule has 2 aliphatic rings. The van der Waals surface area contributed by atoms with Crippen LogP contribution in [0.1, 0.15) is 12.5 Å². The summed E-state index contributed by atoms with van der Waals surface area (Å²) in [4.78, 5) is 54.3. The van der Waals surface area contributed by atoms with E-state index in [9.17, 15) is 30.0 Å². The van der Waals surface area contributed by atoms with Crippen molar-refractivity contribution in [2.45, 2.75) is 49.1 Å². The molecule has 0 aliphatic carbocycles. The average Bonchev–Trinajstić information content (AvgIpc) is 3.73. The van der Waals surface area contributed by atoms with Gasteiger partial charge in [-0.05, 0) is 23.6 Å². The van der Waals surface area contributed by atoms with E-state index in [1.807, 2.05) is 0 Å². The fourth-order valence-corrected chi connectivity index (χ4v) is 6.86. The van der Waals surface area contributed by atoms with Gasteiger partial charge in [0.15, 0.2) is 35.4 Å². The molecule has 4 aromatic heterocycles. The molecule has 2 saturated heterocycles. The summed E-state index contributed by atoms with van der Waals surface area (Å²) in [5.41, 5.74) is 12.6. The summed E-state index contributed by atoms with van der Waals surface area (Å²) in [5, 5.41) is 32.5. The van der Waals surface area contributed by atoms with E-state index in [1.165, 1.54) is 34.4 Å². The van der Waals surface area contributed by atoms with Gasteiger partial charge >= 0.3 is 13.4 Å². The van der Waals surface area contributed by atoms with E-state index >= 15 is 0 Å². The molecule has 6 rings (SSSR count). The smallest absolute Gasteiger partial charge is 0.325 e. The zero-order valence-electron chi connectivity index (χ0n) is 22.5. The van der Waals surface area contributed by atoms with Gasteiger partial charge in [-0.15, -0.1) is 0 Å². The number of imidazole rings is 2. The highest BCUT2D eigenvalue weighted by Crippen LogP contribution is 2.51. The summed E-state index contributed by atoms with van der Waals surface area (Å²) in [5.74, 6) is 0.161. The van der Waals surface area contributed by atoms with Gasteiger partial charge in [0, 0.05) is 0 Å². The van der Waals surface area contributed by atoms with Crippen LogP contribution in [0.3, 0.4) is 0 Å². The third kappa shape index (κ3) is 6.43. The highest BCUT2D eigenvalue weighted by molar-refractivity contribution is 8.07. The summed E-state index contributed by atoms with van der Waals surface area (Å²) < 4.78 is 30.4. The molecule has 0 saturated carbocycles. The van der Waals surface area contributed by atoms with Gasteiger partial charge in [0.25, 0.3) is 0 Å². The van der Waals surface area contributed by atoms with E-state index in [2.05, 4.69) is 41.7 Å². The predicted molar refractivity (Wildman–Crippen MR) is 157 cm³/mol. The molecule has 244 valence electrons. The second-order valence-electron chi connectivity index (χ2n) is 9.89. The SMILES string of the molecule is Nc1ncnc2c1ncn2[C@@H]1O[C@H](COP(O)(=S)O[C@@H]2[C@H](O)[C@@H](COP(O)(O)=S)O[C@H]2n2cnc3c(N)ncnc32)[C@@H](O)[C@H]1O. The molecule has 0 radical (unpaired) electrons. The summed E-state index contributed by atoms with van der Waals surface area (Å²) in [6, 6.07) is 0. The second-order valence-corrected chi connectivity index (χ2v) is 15.3. The van der Waals surface area contributed by atoms with Crippen LogP contribution >= 0.6 is 13.4 Å². The Morgan fingerprint density at radius 3 is 1.82 bits per heavy atom. The molecule has 0 amide bonds. The van der Waals surface area contributed by atoms with E-state index < -0.39 is 75.7 Å². The Balaban J connectivity index is 1.19. The number of aromatic nitrogens is 8. The van der Waals surface area contributed by atoms with Gasteiger partial charge in [0.1, 0.15) is 60.3 Å². The topological polar surface area (TPSA) is 307 Å². The Hall–Kier alpha value is -2.44. The maximum atomic E-state index is 11.1. The lowest BCUT2D eigenvalue weighted by Gasteiger charge is -2.27. The Morgan fingerprint density at radius 2 is 1.24 bits per heavy atom. The van der Waals surface area contributed by atoms with Crippen LogP contribution in [0, 0.1) is 0 Å². The molecule has 0 bridgehead atoms. The van der Waals surface area contributed by atoms with Crippen LogP contribution in [0.5, 0.6) is 0 Å². The van der Waals surface area contributed by atoms with Crippen molar-refractivity contribution in [1.82, 2.24) is 39.0 Å². The summed E-state index contributed by atoms with van der Waals surface area (Å²) >= 11 is 9.68. The van der Waals surface area contributed by atoms with E-state index in [0.717, 1.165) is 0 Å². The van der Waals surface area contributed by atoms with E-state index in [4.69, 9.17) is 46.3 Å². The Morgan fingerprint density at radius 1 is 0.733 bits per heavy atom. The first-order valence-corrected chi connectivity index (χ1v) is 18.0. The van der Waals surface area contributed by atoms with Crippen LogP contribution < -0.4 is 11.5 Å². The van der Waals surface area contributed by atoms with E-state index in [0.29, 0.717) is 0 Å². The molecule has 4 aromatic rings. The maximum Gasteiger partial charge on any atom is 0.325 e. The first-order chi connectivity index (χ1) is 21.2. The van der Waals surface area contributed by atoms with Crippen LogP contribution in [-0.4, -0.2) is 119 Å². The minimum Gasteiger partial charge on any atom is -0.387 e. The number of hydrogen-bond donors (Lipinski definition) is 8. The Labute approximate surface area is 261 Å². The molecule has 1 unspecified atom stereocenters. The number of fused-ring (bicyclic) bond motifs is 2. The van der Waals surface area contributed by atoms with Crippen LogP contribution in [0.15, 0.2) is 25.3 Å². The molecular weight excluding hydrogens is 682 g/mol. The molecule has 2 aliphatic heterocycles. The lowest BCUT2D eigenvalue weighted by Crippen LogP contribution is -2.36. The second kappa shape index (κ2) is 12.3. The minimum atomic E-state index is -4.27. The lowest BCUT2D eigenvalue weighted by molar-refractivity contribution is -0.0565. The largest absolute Gasteiger partial charge is 0.387 e. The minimum absolute atomic E-state index is 0.0572. The van der Waals surface area contributed by atoms with Crippen molar-refractivity contribution in [2.24, 2.45) is 0 Å².